The highest BCUT2D eigenvalue weighted by atomic mass is 35.5. The van der Waals surface area contributed by atoms with Crippen molar-refractivity contribution in [2.75, 3.05) is 18.0 Å². The van der Waals surface area contributed by atoms with Crippen LogP contribution in [0.25, 0.3) is 9.81 Å². The Bertz CT molecular complexity index is 2270. The number of hydrogen-bond acceptors (Lipinski definition) is 9. The largest absolute Gasteiger partial charge is 0.417 e. The molecule has 2 aromatic carbocycles. The van der Waals surface area contributed by atoms with Crippen molar-refractivity contribution in [3.63, 3.8) is 0 Å². The topological polar surface area (TPSA) is 137 Å². The molecule has 3 aliphatic heterocycles. The van der Waals surface area contributed by atoms with E-state index >= 15 is 0 Å². The predicted octanol–water partition coefficient (Wildman–Crippen LogP) is 7.22. The fourth-order valence-electron chi connectivity index (χ4n) is 6.49. The fraction of sp³-hybridized carbons (Fsp3) is 0.378. The molecule has 6 rings (SSSR count). The number of aromatic nitrogens is 1. The van der Waals surface area contributed by atoms with Crippen molar-refractivity contribution in [3.05, 3.63) is 105 Å². The molecule has 3 aliphatic rings. The Hall–Kier alpha value is -4.12. The van der Waals surface area contributed by atoms with E-state index in [-0.39, 0.29) is 37.4 Å². The van der Waals surface area contributed by atoms with E-state index in [9.17, 15) is 39.6 Å². The van der Waals surface area contributed by atoms with Crippen LogP contribution >= 0.6 is 23.2 Å². The molecule has 11 nitrogen and oxygen atoms in total. The van der Waals surface area contributed by atoms with E-state index in [0.717, 1.165) is 20.9 Å². The van der Waals surface area contributed by atoms with Gasteiger partial charge in [0.1, 0.15) is 26.4 Å². The number of nitrogens with zero attached hydrogens (tertiary/aromatic N) is 4. The van der Waals surface area contributed by atoms with Crippen molar-refractivity contribution in [1.29, 1.82) is 0 Å². The Morgan fingerprint density at radius 3 is 1.62 bits per heavy atom. The molecule has 0 aliphatic carbocycles. The number of amides is 2. The number of hydrogen-bond donors (Lipinski definition) is 1. The van der Waals surface area contributed by atoms with Crippen LogP contribution in [0.3, 0.4) is 0 Å². The van der Waals surface area contributed by atoms with Crippen molar-refractivity contribution >= 4 is 70.7 Å². The molecule has 18 heteroatoms. The van der Waals surface area contributed by atoms with Gasteiger partial charge >= 0.3 is 6.18 Å². The maximum Gasteiger partial charge on any atom is 0.417 e. The highest BCUT2D eigenvalue weighted by Crippen LogP contribution is 2.42. The third kappa shape index (κ3) is 8.37. The summed E-state index contributed by atoms with van der Waals surface area (Å²) in [5.41, 5.74) is -1.87. The zero-order chi connectivity index (χ0) is 40.9. The van der Waals surface area contributed by atoms with Crippen LogP contribution in [0.15, 0.2) is 83.7 Å². The number of benzene rings is 2. The lowest BCUT2D eigenvalue weighted by molar-refractivity contribution is -0.137. The SMILES string of the molecule is CC(C)(C)N1C(=O)C(Cl)=C(c2ccccc2)S1(=O)=O.CC(C)(C)N1C(=O)C(NC2CCN(c3ncc(C(F)(F)F)cc3Cl)CC2)=C(c2ccccc2)S1(=O)=O. The number of carbonyl (C=O) groups is 2. The third-order valence-electron chi connectivity index (χ3n) is 8.78. The molecule has 0 bridgehead atoms. The maximum absolute atomic E-state index is 13.5. The van der Waals surface area contributed by atoms with Crippen LogP contribution in [0.4, 0.5) is 19.0 Å². The van der Waals surface area contributed by atoms with Gasteiger partial charge in [0.05, 0.1) is 21.7 Å². The summed E-state index contributed by atoms with van der Waals surface area (Å²) in [5.74, 6) is -1.03. The molecular weight excluding hydrogens is 802 g/mol. The summed E-state index contributed by atoms with van der Waals surface area (Å²) in [5, 5.41) is 2.83. The molecule has 1 fully saturated rings. The minimum atomic E-state index is -4.54. The van der Waals surface area contributed by atoms with Crippen molar-refractivity contribution in [1.82, 2.24) is 18.9 Å². The van der Waals surface area contributed by atoms with E-state index in [1.54, 1.807) is 107 Å². The predicted molar refractivity (Wildman–Crippen MR) is 206 cm³/mol. The van der Waals surface area contributed by atoms with Gasteiger partial charge in [0.2, 0.25) is 0 Å². The lowest BCUT2D eigenvalue weighted by Gasteiger charge is -2.34. The van der Waals surface area contributed by atoms with Crippen LogP contribution in [0, 0.1) is 0 Å². The quantitative estimate of drug-likeness (QED) is 0.283. The Kier molecular flexibility index (Phi) is 11.5. The summed E-state index contributed by atoms with van der Waals surface area (Å²) in [6.45, 7) is 10.8. The number of alkyl halides is 3. The average Bonchev–Trinajstić information content (AvgIpc) is 3.40. The number of carbonyl (C=O) groups excluding carboxylic acids is 2. The zero-order valence-electron chi connectivity index (χ0n) is 30.8. The first-order valence-electron chi connectivity index (χ1n) is 17.1. The summed E-state index contributed by atoms with van der Waals surface area (Å²) in [4.78, 5) is 31.0. The van der Waals surface area contributed by atoms with Crippen LogP contribution in [0.1, 0.15) is 71.1 Å². The van der Waals surface area contributed by atoms with E-state index in [4.69, 9.17) is 23.2 Å². The molecule has 0 radical (unpaired) electrons. The van der Waals surface area contributed by atoms with E-state index in [1.165, 1.54) is 0 Å². The lowest BCUT2D eigenvalue weighted by atomic mass is 10.0. The van der Waals surface area contributed by atoms with E-state index < -0.39 is 54.7 Å². The van der Waals surface area contributed by atoms with Crippen molar-refractivity contribution in [2.24, 2.45) is 0 Å². The molecule has 55 heavy (non-hydrogen) atoms. The van der Waals surface area contributed by atoms with Gasteiger partial charge in [-0.1, -0.05) is 83.9 Å². The standard InChI is InChI=1S/C24H26ClF3N4O3S.C13H14ClNO3S/c1-23(2,3)32-22(33)19(20(36(32,34)35)15-7-5-4-6-8-15)30-17-9-11-31(12-10-17)21-18(25)13-16(14-29-21)24(26,27)28;1-13(2,3)15-12(16)10(14)11(19(15,17)18)9-7-5-4-6-8-9/h4-8,13-14,17,30H,9-12H2,1-3H3;4-8H,1-3H3. The molecule has 296 valence electrons. The van der Waals surface area contributed by atoms with Crippen LogP contribution in [-0.4, -0.2) is 72.5 Å². The number of rotatable bonds is 5. The first-order chi connectivity index (χ1) is 25.4. The molecule has 1 aromatic heterocycles. The Labute approximate surface area is 328 Å². The first kappa shape index (κ1) is 42.0. The van der Waals surface area contributed by atoms with E-state index in [2.05, 4.69) is 10.3 Å². The third-order valence-corrected chi connectivity index (χ3v) is 13.8. The Morgan fingerprint density at radius 2 is 1.18 bits per heavy atom. The average molecular weight is 843 g/mol. The molecule has 1 N–H and O–H groups in total. The van der Waals surface area contributed by atoms with Crippen LogP contribution in [-0.2, 0) is 35.8 Å². The van der Waals surface area contributed by atoms with Crippen molar-refractivity contribution < 1.29 is 39.6 Å². The Morgan fingerprint density at radius 1 is 0.727 bits per heavy atom. The minimum Gasteiger partial charge on any atom is -0.377 e. The zero-order valence-corrected chi connectivity index (χ0v) is 33.9. The molecule has 0 saturated carbocycles. The van der Waals surface area contributed by atoms with Gasteiger partial charge < -0.3 is 10.2 Å². The summed E-state index contributed by atoms with van der Waals surface area (Å²) >= 11 is 12.1. The van der Waals surface area contributed by atoms with Crippen LogP contribution in [0.5, 0.6) is 0 Å². The second kappa shape index (κ2) is 15.1. The minimum absolute atomic E-state index is 0.0280. The molecule has 0 unspecified atom stereocenters. The van der Waals surface area contributed by atoms with E-state index in [1.807, 2.05) is 0 Å². The number of nitrogens with one attached hydrogen (secondary N) is 1. The fourth-order valence-corrected chi connectivity index (χ4v) is 11.3. The smallest absolute Gasteiger partial charge is 0.377 e. The second-order valence-electron chi connectivity index (χ2n) is 15.0. The number of pyridine rings is 1. The number of halogens is 5. The van der Waals surface area contributed by atoms with Gasteiger partial charge in [-0.25, -0.2) is 30.4 Å². The molecule has 0 atom stereocenters. The van der Waals surface area contributed by atoms with Gasteiger partial charge in [-0.05, 0) is 71.6 Å². The first-order valence-corrected chi connectivity index (χ1v) is 20.7. The van der Waals surface area contributed by atoms with Crippen LogP contribution in [0.2, 0.25) is 5.02 Å². The van der Waals surface area contributed by atoms with Gasteiger partial charge in [-0.2, -0.15) is 13.2 Å². The monoisotopic (exact) mass is 841 g/mol. The highest BCUT2D eigenvalue weighted by Gasteiger charge is 2.50. The lowest BCUT2D eigenvalue weighted by Crippen LogP contribution is -2.48. The van der Waals surface area contributed by atoms with Gasteiger partial charge in [0.15, 0.2) is 0 Å². The molecular formula is C37H40Cl2F3N5O6S2. The molecule has 2 amide bonds. The normalized spacial score (nSPS) is 19.2. The summed E-state index contributed by atoms with van der Waals surface area (Å²) < 4.78 is 92.5. The molecule has 3 aromatic rings. The number of sulfonamides is 2. The molecule has 1 saturated heterocycles. The number of piperidine rings is 1. The Balaban J connectivity index is 0.000000256. The second-order valence-corrected chi connectivity index (χ2v) is 19.2. The summed E-state index contributed by atoms with van der Waals surface area (Å²) in [6.07, 6.45) is -2.79. The maximum atomic E-state index is 13.5. The molecule has 4 heterocycles. The van der Waals surface area contributed by atoms with Gasteiger partial charge in [0, 0.05) is 25.3 Å². The van der Waals surface area contributed by atoms with Gasteiger partial charge in [-0.3, -0.25) is 9.59 Å². The summed E-state index contributed by atoms with van der Waals surface area (Å²) in [7, 11) is -8.00. The van der Waals surface area contributed by atoms with Crippen molar-refractivity contribution in [2.45, 2.75) is 77.7 Å². The number of anilines is 1. The highest BCUT2D eigenvalue weighted by molar-refractivity contribution is 8.00. The van der Waals surface area contributed by atoms with E-state index in [0.29, 0.717) is 37.1 Å². The van der Waals surface area contributed by atoms with Gasteiger partial charge in [-0.15, -0.1) is 0 Å². The van der Waals surface area contributed by atoms with Crippen molar-refractivity contribution in [3.8, 4) is 0 Å². The van der Waals surface area contributed by atoms with Crippen LogP contribution < -0.4 is 10.2 Å². The van der Waals surface area contributed by atoms with Gasteiger partial charge in [0.25, 0.3) is 31.9 Å². The molecule has 0 spiro atoms. The summed E-state index contributed by atoms with van der Waals surface area (Å²) in [6, 6.07) is 17.5.